The number of carbonyl (C=O) groups excluding carboxylic acids is 1. The number of aromatic hydroxyl groups is 1. The molecule has 0 spiro atoms. The van der Waals surface area contributed by atoms with Crippen molar-refractivity contribution in [2.24, 2.45) is 0 Å². The van der Waals surface area contributed by atoms with Crippen LogP contribution in [0.25, 0.3) is 0 Å². The molecule has 1 saturated heterocycles. The Morgan fingerprint density at radius 2 is 1.51 bits per heavy atom. The maximum atomic E-state index is 14.4. The maximum Gasteiger partial charge on any atom is 0.237 e. The quantitative estimate of drug-likeness (QED) is 0.452. The highest BCUT2D eigenvalue weighted by atomic mass is 35.5. The second-order valence-corrected chi connectivity index (χ2v) is 10.2. The number of likely N-dealkylation sites (N-methyl/N-ethyl adjacent to an activating group) is 1. The van der Waals surface area contributed by atoms with Gasteiger partial charge in [0, 0.05) is 36.7 Å². The third kappa shape index (κ3) is 5.49. The van der Waals surface area contributed by atoms with E-state index < -0.39 is 5.41 Å². The molecule has 184 valence electrons. The molecular formula is C28H30Cl2N2O3. The Hall–Kier alpha value is -2.57. The summed E-state index contributed by atoms with van der Waals surface area (Å²) < 4.78 is 0. The SMILES string of the molecule is CN(C(=O)C(C)(c1ccc(Cl)cc1)c1ccc(Cl)cc1)[C@H](CN1CC[C@H](O)C1)c1ccc(O)cc1. The Balaban J connectivity index is 1.75. The number of nitrogens with zero attached hydrogens (tertiary/aromatic N) is 2. The Kier molecular flexibility index (Phi) is 7.72. The Bertz CT molecular complexity index is 1100. The number of carbonyl (C=O) groups is 1. The predicted octanol–water partition coefficient (Wildman–Crippen LogP) is 5.27. The van der Waals surface area contributed by atoms with Gasteiger partial charge in [0.1, 0.15) is 5.75 Å². The lowest BCUT2D eigenvalue weighted by atomic mass is 9.74. The van der Waals surface area contributed by atoms with Crippen LogP contribution in [-0.2, 0) is 10.2 Å². The van der Waals surface area contributed by atoms with Gasteiger partial charge >= 0.3 is 0 Å². The molecule has 0 unspecified atom stereocenters. The van der Waals surface area contributed by atoms with Gasteiger partial charge in [0.2, 0.25) is 5.91 Å². The molecule has 0 saturated carbocycles. The molecule has 2 atom stereocenters. The molecule has 0 bridgehead atoms. The van der Waals surface area contributed by atoms with Crippen LogP contribution in [0.3, 0.4) is 0 Å². The second-order valence-electron chi connectivity index (χ2n) is 9.36. The molecule has 0 aliphatic carbocycles. The highest BCUT2D eigenvalue weighted by Gasteiger charge is 2.41. The van der Waals surface area contributed by atoms with Gasteiger partial charge in [-0.05, 0) is 66.4 Å². The third-order valence-electron chi connectivity index (χ3n) is 7.02. The van der Waals surface area contributed by atoms with Crippen LogP contribution < -0.4 is 0 Å². The van der Waals surface area contributed by atoms with E-state index in [2.05, 4.69) is 4.90 Å². The van der Waals surface area contributed by atoms with Crippen molar-refractivity contribution in [1.29, 1.82) is 0 Å². The van der Waals surface area contributed by atoms with E-state index >= 15 is 0 Å². The number of phenolic OH excluding ortho intramolecular Hbond substituents is 1. The Labute approximate surface area is 216 Å². The van der Waals surface area contributed by atoms with Gasteiger partial charge in [0.05, 0.1) is 17.6 Å². The van der Waals surface area contributed by atoms with Gasteiger partial charge in [-0.25, -0.2) is 0 Å². The molecule has 1 fully saturated rings. The first-order valence-electron chi connectivity index (χ1n) is 11.7. The van der Waals surface area contributed by atoms with Crippen molar-refractivity contribution in [3.63, 3.8) is 0 Å². The molecule has 2 N–H and O–H groups in total. The van der Waals surface area contributed by atoms with E-state index in [4.69, 9.17) is 23.2 Å². The number of hydrogen-bond donors (Lipinski definition) is 2. The fraction of sp³-hybridized carbons (Fsp3) is 0.321. The number of hydrogen-bond acceptors (Lipinski definition) is 4. The first-order chi connectivity index (χ1) is 16.7. The van der Waals surface area contributed by atoms with Crippen molar-refractivity contribution in [2.45, 2.75) is 30.9 Å². The van der Waals surface area contributed by atoms with Crippen LogP contribution in [0.15, 0.2) is 72.8 Å². The monoisotopic (exact) mass is 512 g/mol. The van der Waals surface area contributed by atoms with Crippen molar-refractivity contribution < 1.29 is 15.0 Å². The first kappa shape index (κ1) is 25.5. The third-order valence-corrected chi connectivity index (χ3v) is 7.52. The highest BCUT2D eigenvalue weighted by molar-refractivity contribution is 6.30. The molecule has 0 aromatic heterocycles. The minimum absolute atomic E-state index is 0.0834. The summed E-state index contributed by atoms with van der Waals surface area (Å²) in [4.78, 5) is 18.4. The average Bonchev–Trinajstić information content (AvgIpc) is 3.27. The maximum absolute atomic E-state index is 14.4. The molecule has 3 aromatic rings. The van der Waals surface area contributed by atoms with Gasteiger partial charge < -0.3 is 15.1 Å². The standard InChI is InChI=1S/C28H30Cl2N2O3/c1-28(20-5-9-22(29)10-6-20,21-7-11-23(30)12-8-21)27(35)31(2)26(18-32-16-15-25(34)17-32)19-3-13-24(33)14-4-19/h3-14,25-26,33-34H,15-18H2,1-2H3/t25-,26+/m0/s1. The fourth-order valence-corrected chi connectivity index (χ4v) is 5.10. The van der Waals surface area contributed by atoms with E-state index in [1.54, 1.807) is 41.3 Å². The zero-order valence-electron chi connectivity index (χ0n) is 19.9. The fourth-order valence-electron chi connectivity index (χ4n) is 4.84. The Morgan fingerprint density at radius 3 is 1.97 bits per heavy atom. The summed E-state index contributed by atoms with van der Waals surface area (Å²) in [5.41, 5.74) is 1.56. The van der Waals surface area contributed by atoms with Gasteiger partial charge in [-0.15, -0.1) is 0 Å². The van der Waals surface area contributed by atoms with Crippen LogP contribution >= 0.6 is 23.2 Å². The molecule has 0 radical (unpaired) electrons. The summed E-state index contributed by atoms with van der Waals surface area (Å²) in [6, 6.07) is 21.4. The lowest BCUT2D eigenvalue weighted by Gasteiger charge is -2.39. The number of rotatable bonds is 7. The van der Waals surface area contributed by atoms with Crippen molar-refractivity contribution in [3.8, 4) is 5.75 Å². The lowest BCUT2D eigenvalue weighted by molar-refractivity contribution is -0.136. The van der Waals surface area contributed by atoms with Gasteiger partial charge in [-0.1, -0.05) is 59.6 Å². The molecule has 7 heteroatoms. The van der Waals surface area contributed by atoms with E-state index in [1.165, 1.54) is 0 Å². The lowest BCUT2D eigenvalue weighted by Crippen LogP contribution is -2.48. The zero-order valence-corrected chi connectivity index (χ0v) is 21.4. The van der Waals surface area contributed by atoms with Crippen LogP contribution in [-0.4, -0.2) is 58.7 Å². The van der Waals surface area contributed by atoms with Crippen molar-refractivity contribution in [1.82, 2.24) is 9.80 Å². The molecule has 5 nitrogen and oxygen atoms in total. The number of benzene rings is 3. The van der Waals surface area contributed by atoms with Crippen LogP contribution in [0.2, 0.25) is 10.0 Å². The number of halogens is 2. The van der Waals surface area contributed by atoms with Crippen LogP contribution in [0.1, 0.15) is 36.1 Å². The minimum Gasteiger partial charge on any atom is -0.508 e. The molecule has 1 aliphatic heterocycles. The summed E-state index contributed by atoms with van der Waals surface area (Å²) in [5, 5.41) is 21.1. The summed E-state index contributed by atoms with van der Waals surface area (Å²) in [7, 11) is 1.82. The van der Waals surface area contributed by atoms with Crippen molar-refractivity contribution in [3.05, 3.63) is 99.5 Å². The van der Waals surface area contributed by atoms with E-state index in [0.717, 1.165) is 23.2 Å². The summed E-state index contributed by atoms with van der Waals surface area (Å²) in [6.45, 7) is 3.83. The summed E-state index contributed by atoms with van der Waals surface area (Å²) in [5.74, 6) is 0.0882. The zero-order chi connectivity index (χ0) is 25.2. The normalized spacial score (nSPS) is 17.3. The van der Waals surface area contributed by atoms with E-state index in [9.17, 15) is 15.0 Å². The van der Waals surface area contributed by atoms with Gasteiger partial charge in [0.15, 0.2) is 0 Å². The number of likely N-dealkylation sites (tertiary alicyclic amines) is 1. The van der Waals surface area contributed by atoms with Gasteiger partial charge in [-0.2, -0.15) is 0 Å². The number of aliphatic hydroxyl groups is 1. The predicted molar refractivity (Wildman–Crippen MR) is 140 cm³/mol. The number of aliphatic hydroxyl groups excluding tert-OH is 1. The van der Waals surface area contributed by atoms with Crippen LogP contribution in [0.5, 0.6) is 5.75 Å². The largest absolute Gasteiger partial charge is 0.508 e. The number of β-amino-alcohol motifs (C(OH)–C–C–N with tert-alkyl or cyclic N) is 1. The molecule has 1 heterocycles. The van der Waals surface area contributed by atoms with Crippen LogP contribution in [0.4, 0.5) is 0 Å². The topological polar surface area (TPSA) is 64.0 Å². The van der Waals surface area contributed by atoms with E-state index in [0.29, 0.717) is 29.6 Å². The molecule has 1 amide bonds. The Morgan fingerprint density at radius 1 is 1.00 bits per heavy atom. The number of amides is 1. The van der Waals surface area contributed by atoms with Crippen LogP contribution in [0, 0.1) is 0 Å². The molecule has 4 rings (SSSR count). The van der Waals surface area contributed by atoms with E-state index in [1.807, 2.05) is 50.4 Å². The smallest absolute Gasteiger partial charge is 0.237 e. The van der Waals surface area contributed by atoms with Crippen molar-refractivity contribution >= 4 is 29.1 Å². The van der Waals surface area contributed by atoms with Gasteiger partial charge in [0.25, 0.3) is 0 Å². The van der Waals surface area contributed by atoms with Gasteiger partial charge in [-0.3, -0.25) is 9.69 Å². The molecular weight excluding hydrogens is 483 g/mol. The minimum atomic E-state index is -0.996. The molecule has 3 aromatic carbocycles. The molecule has 1 aliphatic rings. The highest BCUT2D eigenvalue weighted by Crippen LogP contribution is 2.37. The van der Waals surface area contributed by atoms with Crippen molar-refractivity contribution in [2.75, 3.05) is 26.7 Å². The number of phenols is 1. The average molecular weight is 513 g/mol. The first-order valence-corrected chi connectivity index (χ1v) is 12.4. The summed E-state index contributed by atoms with van der Waals surface area (Å²) >= 11 is 12.3. The summed E-state index contributed by atoms with van der Waals surface area (Å²) in [6.07, 6.45) is 0.359. The molecule has 35 heavy (non-hydrogen) atoms. The second kappa shape index (κ2) is 10.6. The van der Waals surface area contributed by atoms with E-state index in [-0.39, 0.29) is 23.8 Å².